The second-order valence-electron chi connectivity index (χ2n) is 7.91. The zero-order valence-corrected chi connectivity index (χ0v) is 21.2. The summed E-state index contributed by atoms with van der Waals surface area (Å²) in [6.07, 6.45) is 1.10. The molecule has 170 valence electrons. The third kappa shape index (κ3) is 5.79. The van der Waals surface area contributed by atoms with E-state index >= 15 is 0 Å². The Morgan fingerprint density at radius 3 is 2.53 bits per heavy atom. The van der Waals surface area contributed by atoms with Crippen molar-refractivity contribution in [2.45, 2.75) is 32.4 Å². The lowest BCUT2D eigenvalue weighted by Crippen LogP contribution is -2.40. The van der Waals surface area contributed by atoms with Gasteiger partial charge in [0.1, 0.15) is 11.6 Å². The largest absolute Gasteiger partial charge is 0.497 e. The van der Waals surface area contributed by atoms with Crippen molar-refractivity contribution in [3.63, 3.8) is 0 Å². The van der Waals surface area contributed by atoms with E-state index in [9.17, 15) is 0 Å². The first-order chi connectivity index (χ1) is 15.1. The van der Waals surface area contributed by atoms with Crippen molar-refractivity contribution in [3.05, 3.63) is 77.4 Å². The van der Waals surface area contributed by atoms with Crippen LogP contribution in [0.1, 0.15) is 35.1 Å². The number of nitrogens with zero attached hydrogens (tertiary/aromatic N) is 5. The van der Waals surface area contributed by atoms with Crippen LogP contribution >= 0.6 is 24.0 Å². The Balaban J connectivity index is 0.00000289. The molecule has 0 aliphatic carbocycles. The summed E-state index contributed by atoms with van der Waals surface area (Å²) in [6.45, 7) is 5.10. The minimum absolute atomic E-state index is 0. The van der Waals surface area contributed by atoms with Crippen molar-refractivity contribution < 1.29 is 4.74 Å². The molecule has 1 atom stereocenters. The van der Waals surface area contributed by atoms with Crippen molar-refractivity contribution in [2.24, 2.45) is 12.0 Å². The maximum absolute atomic E-state index is 5.30. The Morgan fingerprint density at radius 2 is 1.88 bits per heavy atom. The van der Waals surface area contributed by atoms with Crippen LogP contribution in [0.25, 0.3) is 0 Å². The molecule has 0 spiro atoms. The second kappa shape index (κ2) is 11.3. The number of benzene rings is 2. The Labute approximate surface area is 206 Å². The molecule has 8 heteroatoms. The summed E-state index contributed by atoms with van der Waals surface area (Å²) in [6, 6.07) is 18.8. The van der Waals surface area contributed by atoms with Gasteiger partial charge >= 0.3 is 0 Å². The molecule has 2 aromatic carbocycles. The summed E-state index contributed by atoms with van der Waals surface area (Å²) in [4.78, 5) is 7.29. The highest BCUT2D eigenvalue weighted by Crippen LogP contribution is 2.28. The van der Waals surface area contributed by atoms with Gasteiger partial charge in [-0.15, -0.1) is 34.2 Å². The molecule has 1 N–H and O–H groups in total. The molecule has 0 saturated carbocycles. The Hall–Kier alpha value is -2.62. The minimum atomic E-state index is 0. The number of halogens is 1. The number of aryl methyl sites for hydroxylation is 1. The van der Waals surface area contributed by atoms with Gasteiger partial charge < -0.3 is 19.5 Å². The molecule has 0 amide bonds. The van der Waals surface area contributed by atoms with Gasteiger partial charge in [-0.25, -0.2) is 4.99 Å². The molecule has 3 aromatic rings. The molecule has 7 nitrogen and oxygen atoms in total. The van der Waals surface area contributed by atoms with Crippen molar-refractivity contribution in [1.29, 1.82) is 0 Å². The fraction of sp³-hybridized carbons (Fsp3) is 0.375. The van der Waals surface area contributed by atoms with E-state index in [4.69, 9.17) is 9.73 Å². The lowest BCUT2D eigenvalue weighted by molar-refractivity contribution is 0.414. The first-order valence-electron chi connectivity index (χ1n) is 10.7. The zero-order valence-electron chi connectivity index (χ0n) is 18.9. The Bertz CT molecular complexity index is 1020. The molecular weight excluding hydrogens is 515 g/mol. The predicted molar refractivity (Wildman–Crippen MR) is 138 cm³/mol. The van der Waals surface area contributed by atoms with Crippen LogP contribution < -0.4 is 10.1 Å². The summed E-state index contributed by atoms with van der Waals surface area (Å²) in [5.41, 5.74) is 2.54. The van der Waals surface area contributed by atoms with Crippen LogP contribution in [-0.4, -0.2) is 45.8 Å². The van der Waals surface area contributed by atoms with Crippen LogP contribution in [0.3, 0.4) is 0 Å². The van der Waals surface area contributed by atoms with Gasteiger partial charge in [0.05, 0.1) is 20.2 Å². The SMILES string of the molecule is COc1ccc(C2CCN(C(=NCc3ccccc3)NCc3nnc(C)n3C)C2)cc1.I. The van der Waals surface area contributed by atoms with Crippen molar-refractivity contribution >= 4 is 29.9 Å². The molecule has 4 rings (SSSR count). The van der Waals surface area contributed by atoms with Crippen molar-refractivity contribution in [2.75, 3.05) is 20.2 Å². The van der Waals surface area contributed by atoms with E-state index < -0.39 is 0 Å². The van der Waals surface area contributed by atoms with E-state index in [0.717, 1.165) is 42.9 Å². The number of nitrogens with one attached hydrogen (secondary N) is 1. The van der Waals surface area contributed by atoms with Crippen molar-refractivity contribution in [1.82, 2.24) is 25.0 Å². The lowest BCUT2D eigenvalue weighted by Gasteiger charge is -2.22. The van der Waals surface area contributed by atoms with E-state index in [0.29, 0.717) is 19.0 Å². The highest BCUT2D eigenvalue weighted by atomic mass is 127. The molecule has 1 aliphatic heterocycles. The molecule has 1 fully saturated rings. The summed E-state index contributed by atoms with van der Waals surface area (Å²) in [5, 5.41) is 12.0. The number of hydrogen-bond acceptors (Lipinski definition) is 4. The molecule has 1 aliphatic rings. The molecule has 2 heterocycles. The van der Waals surface area contributed by atoms with Crippen molar-refractivity contribution in [3.8, 4) is 5.75 Å². The number of rotatable bonds is 6. The predicted octanol–water partition coefficient (Wildman–Crippen LogP) is 3.89. The highest BCUT2D eigenvalue weighted by Gasteiger charge is 2.26. The molecule has 1 unspecified atom stereocenters. The smallest absolute Gasteiger partial charge is 0.194 e. The molecule has 1 aromatic heterocycles. The van der Waals surface area contributed by atoms with Gasteiger partial charge in [-0.2, -0.15) is 0 Å². The molecule has 32 heavy (non-hydrogen) atoms. The number of likely N-dealkylation sites (tertiary alicyclic amines) is 1. The standard InChI is InChI=1S/C24H30N6O.HI/c1-18-27-28-23(29(18)2)16-26-24(25-15-19-7-5-4-6-8-19)30-14-13-21(17-30)20-9-11-22(31-3)12-10-20;/h4-12,21H,13-17H2,1-3H3,(H,25,26);1H. The van der Waals surface area contributed by atoms with Gasteiger partial charge in [0.2, 0.25) is 0 Å². The zero-order chi connectivity index (χ0) is 21.6. The second-order valence-corrected chi connectivity index (χ2v) is 7.91. The topological polar surface area (TPSA) is 67.6 Å². The number of methoxy groups -OCH3 is 1. The summed E-state index contributed by atoms with van der Waals surface area (Å²) >= 11 is 0. The number of aliphatic imine (C=N–C) groups is 1. The third-order valence-corrected chi connectivity index (χ3v) is 5.92. The monoisotopic (exact) mass is 546 g/mol. The fourth-order valence-corrected chi connectivity index (χ4v) is 3.88. The third-order valence-electron chi connectivity index (χ3n) is 5.92. The molecule has 1 saturated heterocycles. The quantitative estimate of drug-likeness (QED) is 0.289. The Morgan fingerprint density at radius 1 is 1.12 bits per heavy atom. The fourth-order valence-electron chi connectivity index (χ4n) is 3.88. The van der Waals surface area contributed by atoms with Gasteiger partial charge in [-0.1, -0.05) is 42.5 Å². The van der Waals surface area contributed by atoms with Gasteiger partial charge in [-0.3, -0.25) is 0 Å². The van der Waals surface area contributed by atoms with E-state index in [1.165, 1.54) is 11.1 Å². The van der Waals surface area contributed by atoms with E-state index in [1.54, 1.807) is 7.11 Å². The average Bonchev–Trinajstić information content (AvgIpc) is 3.42. The van der Waals surface area contributed by atoms with Gasteiger partial charge in [-0.05, 0) is 36.6 Å². The van der Waals surface area contributed by atoms with Crippen LogP contribution in [0.4, 0.5) is 0 Å². The number of ether oxygens (including phenoxy) is 1. The van der Waals surface area contributed by atoms with Crippen LogP contribution in [0.5, 0.6) is 5.75 Å². The van der Waals surface area contributed by atoms with E-state index in [1.807, 2.05) is 36.7 Å². The van der Waals surface area contributed by atoms with Crippen LogP contribution in [0, 0.1) is 6.92 Å². The number of guanidine groups is 1. The van der Waals surface area contributed by atoms with Gasteiger partial charge in [0.15, 0.2) is 11.8 Å². The van der Waals surface area contributed by atoms with Crippen LogP contribution in [-0.2, 0) is 20.1 Å². The average molecular weight is 546 g/mol. The molecule has 0 bridgehead atoms. The summed E-state index contributed by atoms with van der Waals surface area (Å²) < 4.78 is 7.30. The number of aromatic nitrogens is 3. The highest BCUT2D eigenvalue weighted by molar-refractivity contribution is 14.0. The number of hydrogen-bond donors (Lipinski definition) is 1. The van der Waals surface area contributed by atoms with Crippen LogP contribution in [0.15, 0.2) is 59.6 Å². The summed E-state index contributed by atoms with van der Waals surface area (Å²) in [5.74, 6) is 4.09. The van der Waals surface area contributed by atoms with E-state index in [2.05, 4.69) is 56.8 Å². The maximum Gasteiger partial charge on any atom is 0.194 e. The van der Waals surface area contributed by atoms with Crippen LogP contribution in [0.2, 0.25) is 0 Å². The lowest BCUT2D eigenvalue weighted by atomic mass is 9.98. The summed E-state index contributed by atoms with van der Waals surface area (Å²) in [7, 11) is 3.69. The molecular formula is C24H31IN6O. The first-order valence-corrected chi connectivity index (χ1v) is 10.7. The van der Waals surface area contributed by atoms with E-state index in [-0.39, 0.29) is 24.0 Å². The Kier molecular flexibility index (Phi) is 8.49. The normalized spacial score (nSPS) is 16.0. The van der Waals surface area contributed by atoms with Gasteiger partial charge in [0.25, 0.3) is 0 Å². The maximum atomic E-state index is 5.30. The first kappa shape index (κ1) is 24.0. The van der Waals surface area contributed by atoms with Gasteiger partial charge in [0, 0.05) is 26.1 Å². The molecule has 0 radical (unpaired) electrons. The minimum Gasteiger partial charge on any atom is -0.497 e.